The number of nitrogens with zero attached hydrogens (tertiary/aromatic N) is 2. The number of aromatic nitrogens is 3. The first-order valence-electron chi connectivity index (χ1n) is 8.13. The number of amides is 1. The molecular formula is C20H18N4O. The molecule has 5 nitrogen and oxygen atoms in total. The Labute approximate surface area is 145 Å². The first-order chi connectivity index (χ1) is 12.2. The van der Waals surface area contributed by atoms with Crippen molar-refractivity contribution in [2.24, 2.45) is 7.05 Å². The number of carbonyl (C=O) groups excluding carboxylic acids is 1. The molecule has 2 heterocycles. The van der Waals surface area contributed by atoms with E-state index in [9.17, 15) is 4.79 Å². The van der Waals surface area contributed by atoms with Gasteiger partial charge in [0, 0.05) is 36.0 Å². The fraction of sp³-hybridized carbons (Fsp3) is 0.100. The lowest BCUT2D eigenvalue weighted by molar-refractivity contribution is -0.115. The summed E-state index contributed by atoms with van der Waals surface area (Å²) in [7, 11) is 2.00. The van der Waals surface area contributed by atoms with Crippen LogP contribution in [0.1, 0.15) is 5.56 Å². The number of hydrogen-bond donors (Lipinski definition) is 2. The molecular weight excluding hydrogens is 312 g/mol. The largest absolute Gasteiger partial charge is 0.350 e. The lowest BCUT2D eigenvalue weighted by Crippen LogP contribution is -2.14. The number of fused-ring (bicyclic) bond motifs is 1. The number of para-hydroxylation sites is 1. The maximum atomic E-state index is 12.4. The molecule has 2 aromatic carbocycles. The van der Waals surface area contributed by atoms with E-state index in [0.29, 0.717) is 6.42 Å². The summed E-state index contributed by atoms with van der Waals surface area (Å²) in [4.78, 5) is 12.4. The number of nitrogens with one attached hydrogen (secondary N) is 2. The topological polar surface area (TPSA) is 62.7 Å². The molecule has 0 radical (unpaired) electrons. The van der Waals surface area contributed by atoms with Gasteiger partial charge >= 0.3 is 0 Å². The van der Waals surface area contributed by atoms with E-state index in [2.05, 4.69) is 32.2 Å². The van der Waals surface area contributed by atoms with Crippen LogP contribution in [-0.2, 0) is 18.3 Å². The monoisotopic (exact) mass is 330 g/mol. The third kappa shape index (κ3) is 3.04. The normalized spacial score (nSPS) is 10.9. The number of rotatable bonds is 4. The van der Waals surface area contributed by atoms with Crippen LogP contribution in [0.2, 0.25) is 0 Å². The van der Waals surface area contributed by atoms with Crippen LogP contribution in [0.15, 0.2) is 67.0 Å². The molecule has 4 rings (SSSR count). The zero-order valence-electron chi connectivity index (χ0n) is 13.9. The smallest absolute Gasteiger partial charge is 0.228 e. The molecule has 1 amide bonds. The molecule has 0 aliphatic heterocycles. The van der Waals surface area contributed by atoms with Gasteiger partial charge in [-0.2, -0.15) is 5.10 Å². The quantitative estimate of drug-likeness (QED) is 0.598. The summed E-state index contributed by atoms with van der Waals surface area (Å²) in [5.74, 6) is -0.0226. The molecule has 4 aromatic rings. The average Bonchev–Trinajstić information content (AvgIpc) is 3.25. The van der Waals surface area contributed by atoms with Crippen LogP contribution in [0.3, 0.4) is 0 Å². The molecule has 0 saturated carbocycles. The van der Waals surface area contributed by atoms with Gasteiger partial charge in [-0.15, -0.1) is 0 Å². The van der Waals surface area contributed by atoms with Crippen molar-refractivity contribution in [2.75, 3.05) is 5.32 Å². The fourth-order valence-electron chi connectivity index (χ4n) is 3.09. The molecule has 0 bridgehead atoms. The van der Waals surface area contributed by atoms with Crippen LogP contribution < -0.4 is 5.32 Å². The van der Waals surface area contributed by atoms with Gasteiger partial charge in [-0.05, 0) is 35.4 Å². The van der Waals surface area contributed by atoms with E-state index in [0.717, 1.165) is 33.4 Å². The third-order valence-corrected chi connectivity index (χ3v) is 4.31. The van der Waals surface area contributed by atoms with Gasteiger partial charge in [-0.25, -0.2) is 0 Å². The average molecular weight is 330 g/mol. The van der Waals surface area contributed by atoms with Crippen molar-refractivity contribution >= 4 is 22.5 Å². The summed E-state index contributed by atoms with van der Waals surface area (Å²) in [6.45, 7) is 0. The lowest BCUT2D eigenvalue weighted by Gasteiger charge is -2.06. The molecule has 124 valence electrons. The number of aryl methyl sites for hydroxylation is 1. The summed E-state index contributed by atoms with van der Waals surface area (Å²) >= 11 is 0. The lowest BCUT2D eigenvalue weighted by atomic mass is 10.1. The van der Waals surface area contributed by atoms with Crippen molar-refractivity contribution in [1.82, 2.24) is 14.8 Å². The molecule has 0 spiro atoms. The molecule has 0 fully saturated rings. The van der Waals surface area contributed by atoms with Gasteiger partial charge in [0.05, 0.1) is 12.1 Å². The van der Waals surface area contributed by atoms with Gasteiger partial charge in [-0.1, -0.05) is 30.3 Å². The highest BCUT2D eigenvalue weighted by molar-refractivity contribution is 5.96. The van der Waals surface area contributed by atoms with Gasteiger partial charge < -0.3 is 9.88 Å². The van der Waals surface area contributed by atoms with Crippen LogP contribution in [0.4, 0.5) is 5.69 Å². The van der Waals surface area contributed by atoms with Crippen LogP contribution in [-0.4, -0.2) is 20.7 Å². The second kappa shape index (κ2) is 6.28. The molecule has 0 unspecified atom stereocenters. The van der Waals surface area contributed by atoms with Crippen LogP contribution in [0.25, 0.3) is 22.2 Å². The molecule has 0 saturated heterocycles. The number of anilines is 1. The van der Waals surface area contributed by atoms with Crippen LogP contribution >= 0.6 is 0 Å². The number of aromatic amines is 1. The first kappa shape index (κ1) is 15.2. The fourth-order valence-corrected chi connectivity index (χ4v) is 3.09. The number of carbonyl (C=O) groups is 1. The Morgan fingerprint density at radius 1 is 1.12 bits per heavy atom. The van der Waals surface area contributed by atoms with Crippen LogP contribution in [0, 0.1) is 0 Å². The maximum absolute atomic E-state index is 12.4. The number of benzene rings is 2. The Morgan fingerprint density at radius 2 is 1.92 bits per heavy atom. The minimum absolute atomic E-state index is 0.0226. The van der Waals surface area contributed by atoms with E-state index in [-0.39, 0.29) is 5.91 Å². The van der Waals surface area contributed by atoms with E-state index in [1.807, 2.05) is 55.7 Å². The van der Waals surface area contributed by atoms with E-state index >= 15 is 0 Å². The van der Waals surface area contributed by atoms with Crippen molar-refractivity contribution in [3.63, 3.8) is 0 Å². The highest BCUT2D eigenvalue weighted by Gasteiger charge is 2.10. The maximum Gasteiger partial charge on any atom is 0.228 e. The highest BCUT2D eigenvalue weighted by atomic mass is 16.1. The van der Waals surface area contributed by atoms with Crippen LogP contribution in [0.5, 0.6) is 0 Å². The van der Waals surface area contributed by atoms with Crippen molar-refractivity contribution in [3.8, 4) is 11.3 Å². The summed E-state index contributed by atoms with van der Waals surface area (Å²) in [5.41, 5.74) is 4.94. The van der Waals surface area contributed by atoms with E-state index in [4.69, 9.17) is 0 Å². The zero-order chi connectivity index (χ0) is 17.2. The first-order valence-corrected chi connectivity index (χ1v) is 8.13. The molecule has 0 aliphatic carbocycles. The Kier molecular flexibility index (Phi) is 3.82. The standard InChI is InChI=1S/C20H18N4O/c1-24-13-15(17-4-2-3-5-19(17)24)12-20(25)22-16-8-6-14(7-9-16)18-10-11-21-23-18/h2-11,13H,12H2,1H3,(H,21,23)(H,22,25). The van der Waals surface area contributed by atoms with Gasteiger partial charge in [-0.3, -0.25) is 9.89 Å². The second-order valence-corrected chi connectivity index (χ2v) is 6.06. The van der Waals surface area contributed by atoms with E-state index in [1.165, 1.54) is 0 Å². The van der Waals surface area contributed by atoms with E-state index < -0.39 is 0 Å². The zero-order valence-corrected chi connectivity index (χ0v) is 13.9. The van der Waals surface area contributed by atoms with Crippen molar-refractivity contribution in [1.29, 1.82) is 0 Å². The predicted molar refractivity (Wildman–Crippen MR) is 99.3 cm³/mol. The highest BCUT2D eigenvalue weighted by Crippen LogP contribution is 2.22. The van der Waals surface area contributed by atoms with Gasteiger partial charge in [0.15, 0.2) is 0 Å². The molecule has 5 heteroatoms. The van der Waals surface area contributed by atoms with Crippen molar-refractivity contribution in [2.45, 2.75) is 6.42 Å². The minimum atomic E-state index is -0.0226. The summed E-state index contributed by atoms with van der Waals surface area (Å²) in [6, 6.07) is 17.7. The molecule has 0 aliphatic rings. The Hall–Kier alpha value is -3.34. The molecule has 0 atom stereocenters. The van der Waals surface area contributed by atoms with Gasteiger partial charge in [0.25, 0.3) is 0 Å². The summed E-state index contributed by atoms with van der Waals surface area (Å²) in [6.07, 6.45) is 4.09. The number of hydrogen-bond acceptors (Lipinski definition) is 2. The number of H-pyrrole nitrogens is 1. The summed E-state index contributed by atoms with van der Waals surface area (Å²) in [5, 5.41) is 11.0. The van der Waals surface area contributed by atoms with E-state index in [1.54, 1.807) is 6.20 Å². The Bertz CT molecular complexity index is 1010. The van der Waals surface area contributed by atoms with Gasteiger partial charge in [0.1, 0.15) is 0 Å². The van der Waals surface area contributed by atoms with Gasteiger partial charge in [0.2, 0.25) is 5.91 Å². The summed E-state index contributed by atoms with van der Waals surface area (Å²) < 4.78 is 2.05. The molecule has 2 N–H and O–H groups in total. The molecule has 2 aromatic heterocycles. The predicted octanol–water partition coefficient (Wildman–Crippen LogP) is 3.75. The van der Waals surface area contributed by atoms with Crippen molar-refractivity contribution in [3.05, 3.63) is 72.6 Å². The van der Waals surface area contributed by atoms with Crippen molar-refractivity contribution < 1.29 is 4.79 Å². The Morgan fingerprint density at radius 3 is 2.68 bits per heavy atom. The Balaban J connectivity index is 1.48. The third-order valence-electron chi connectivity index (χ3n) is 4.31. The minimum Gasteiger partial charge on any atom is -0.350 e. The SMILES string of the molecule is Cn1cc(CC(=O)Nc2ccc(-c3ccn[nH]3)cc2)c2ccccc21. The molecule has 25 heavy (non-hydrogen) atoms. The second-order valence-electron chi connectivity index (χ2n) is 6.06.